The van der Waals surface area contributed by atoms with E-state index in [0.29, 0.717) is 0 Å². The maximum absolute atomic E-state index is 5.14. The van der Waals surface area contributed by atoms with Crippen molar-refractivity contribution in [3.63, 3.8) is 0 Å². The molecule has 0 spiro atoms. The highest BCUT2D eigenvalue weighted by atomic mass is 16.5. The Morgan fingerprint density at radius 2 is 1.93 bits per heavy atom. The van der Waals surface area contributed by atoms with Crippen LogP contribution in [0.2, 0.25) is 0 Å². The van der Waals surface area contributed by atoms with Crippen molar-refractivity contribution in [3.8, 4) is 5.75 Å². The molecule has 0 amide bonds. The van der Waals surface area contributed by atoms with E-state index in [4.69, 9.17) is 4.74 Å². The van der Waals surface area contributed by atoms with Gasteiger partial charge in [0.2, 0.25) is 0 Å². The first-order chi connectivity index (χ1) is 6.80. The molecule has 2 heteroatoms. The van der Waals surface area contributed by atoms with Crippen LogP contribution in [0.1, 0.15) is 25.3 Å². The van der Waals surface area contributed by atoms with Gasteiger partial charge in [-0.1, -0.05) is 19.1 Å². The van der Waals surface area contributed by atoms with Crippen LogP contribution >= 0.6 is 0 Å². The summed E-state index contributed by atoms with van der Waals surface area (Å²) in [6, 6.07) is 8.39. The second-order valence-corrected chi connectivity index (χ2v) is 3.84. The Balaban J connectivity index is 2.16. The molecule has 1 saturated carbocycles. The zero-order valence-corrected chi connectivity index (χ0v) is 8.84. The molecule has 0 radical (unpaired) electrons. The molecule has 1 N–H and O–H groups in total. The molecule has 1 aromatic carbocycles. The van der Waals surface area contributed by atoms with E-state index in [9.17, 15) is 0 Å². The second kappa shape index (κ2) is 3.62. The molecule has 2 nitrogen and oxygen atoms in total. The van der Waals surface area contributed by atoms with E-state index in [0.717, 1.165) is 12.3 Å². The second-order valence-electron chi connectivity index (χ2n) is 3.84. The van der Waals surface area contributed by atoms with Crippen molar-refractivity contribution in [1.82, 2.24) is 5.32 Å². The van der Waals surface area contributed by atoms with E-state index in [1.165, 1.54) is 18.4 Å². The summed E-state index contributed by atoms with van der Waals surface area (Å²) in [6.07, 6.45) is 2.51. The van der Waals surface area contributed by atoms with Crippen LogP contribution in [-0.2, 0) is 5.54 Å². The van der Waals surface area contributed by atoms with Crippen LogP contribution in [0.25, 0.3) is 0 Å². The Morgan fingerprint density at radius 3 is 2.36 bits per heavy atom. The van der Waals surface area contributed by atoms with Gasteiger partial charge in [-0.15, -0.1) is 0 Å². The summed E-state index contributed by atoms with van der Waals surface area (Å²) in [4.78, 5) is 0. The van der Waals surface area contributed by atoms with Crippen LogP contribution in [0, 0.1) is 0 Å². The fourth-order valence-electron chi connectivity index (χ4n) is 1.94. The van der Waals surface area contributed by atoms with E-state index in [-0.39, 0.29) is 5.54 Å². The average molecular weight is 191 g/mol. The maximum Gasteiger partial charge on any atom is 0.118 e. The molecule has 1 aromatic rings. The van der Waals surface area contributed by atoms with Crippen molar-refractivity contribution in [2.24, 2.45) is 0 Å². The third-order valence-corrected chi connectivity index (χ3v) is 2.91. The van der Waals surface area contributed by atoms with Crippen LogP contribution in [0.15, 0.2) is 24.3 Å². The molecule has 2 rings (SSSR count). The van der Waals surface area contributed by atoms with Gasteiger partial charge >= 0.3 is 0 Å². The minimum absolute atomic E-state index is 0.279. The number of ether oxygens (including phenoxy) is 1. The molecule has 0 atom stereocenters. The molecular formula is C12H17NO. The molecule has 0 saturated heterocycles. The van der Waals surface area contributed by atoms with Gasteiger partial charge in [0.05, 0.1) is 7.11 Å². The van der Waals surface area contributed by atoms with Crippen LogP contribution in [-0.4, -0.2) is 13.7 Å². The highest BCUT2D eigenvalue weighted by Crippen LogP contribution is 2.45. The monoisotopic (exact) mass is 191 g/mol. The first-order valence-corrected chi connectivity index (χ1v) is 5.20. The highest BCUT2D eigenvalue weighted by molar-refractivity contribution is 5.35. The zero-order valence-electron chi connectivity index (χ0n) is 8.84. The Bertz CT molecular complexity index is 301. The molecule has 0 bridgehead atoms. The third kappa shape index (κ3) is 1.62. The fourth-order valence-corrected chi connectivity index (χ4v) is 1.94. The largest absolute Gasteiger partial charge is 0.497 e. The van der Waals surface area contributed by atoms with Gasteiger partial charge in [-0.05, 0) is 37.1 Å². The first-order valence-electron chi connectivity index (χ1n) is 5.20. The molecule has 14 heavy (non-hydrogen) atoms. The molecule has 1 fully saturated rings. The van der Waals surface area contributed by atoms with Gasteiger partial charge in [0.15, 0.2) is 0 Å². The number of hydrogen-bond acceptors (Lipinski definition) is 2. The lowest BCUT2D eigenvalue weighted by Crippen LogP contribution is -2.28. The van der Waals surface area contributed by atoms with Gasteiger partial charge in [0.1, 0.15) is 5.75 Å². The molecule has 1 aliphatic rings. The molecule has 0 aliphatic heterocycles. The van der Waals surface area contributed by atoms with Crippen LogP contribution < -0.4 is 10.1 Å². The summed E-state index contributed by atoms with van der Waals surface area (Å²) in [5.41, 5.74) is 1.67. The van der Waals surface area contributed by atoms with Crippen molar-refractivity contribution in [2.45, 2.75) is 25.3 Å². The van der Waals surface area contributed by atoms with Crippen LogP contribution in [0.5, 0.6) is 5.75 Å². The Kier molecular flexibility index (Phi) is 2.46. The van der Waals surface area contributed by atoms with Crippen LogP contribution in [0.4, 0.5) is 0 Å². The summed E-state index contributed by atoms with van der Waals surface area (Å²) in [7, 11) is 1.70. The molecule has 1 aliphatic carbocycles. The van der Waals surface area contributed by atoms with Crippen molar-refractivity contribution in [3.05, 3.63) is 29.8 Å². The number of nitrogens with one attached hydrogen (secondary N) is 1. The summed E-state index contributed by atoms with van der Waals surface area (Å²) < 4.78 is 5.14. The smallest absolute Gasteiger partial charge is 0.118 e. The molecule has 0 heterocycles. The van der Waals surface area contributed by atoms with Gasteiger partial charge in [-0.25, -0.2) is 0 Å². The topological polar surface area (TPSA) is 21.3 Å². The molecular weight excluding hydrogens is 174 g/mol. The lowest BCUT2D eigenvalue weighted by molar-refractivity contribution is 0.414. The average Bonchev–Trinajstić information content (AvgIpc) is 3.00. The fraction of sp³-hybridized carbons (Fsp3) is 0.500. The third-order valence-electron chi connectivity index (χ3n) is 2.91. The predicted molar refractivity (Wildman–Crippen MR) is 57.6 cm³/mol. The minimum atomic E-state index is 0.279. The normalized spacial score (nSPS) is 17.9. The number of methoxy groups -OCH3 is 1. The molecule has 0 aromatic heterocycles. The van der Waals surface area contributed by atoms with Crippen molar-refractivity contribution >= 4 is 0 Å². The lowest BCUT2D eigenvalue weighted by Gasteiger charge is -2.16. The Labute approximate surface area is 85.3 Å². The Morgan fingerprint density at radius 1 is 1.29 bits per heavy atom. The lowest BCUT2D eigenvalue weighted by atomic mass is 10.0. The number of hydrogen-bond donors (Lipinski definition) is 1. The van der Waals surface area contributed by atoms with Crippen molar-refractivity contribution in [2.75, 3.05) is 13.7 Å². The zero-order chi connectivity index (χ0) is 10.0. The van der Waals surface area contributed by atoms with Crippen LogP contribution in [0.3, 0.4) is 0 Å². The SMILES string of the molecule is CCNC1(c2ccc(OC)cc2)CC1. The van der Waals surface area contributed by atoms with Crippen molar-refractivity contribution in [1.29, 1.82) is 0 Å². The summed E-state index contributed by atoms with van der Waals surface area (Å²) in [5.74, 6) is 0.932. The maximum atomic E-state index is 5.14. The highest BCUT2D eigenvalue weighted by Gasteiger charge is 2.43. The van der Waals surface area contributed by atoms with E-state index < -0.39 is 0 Å². The standard InChI is InChI=1S/C12H17NO/c1-3-13-12(8-9-12)10-4-6-11(14-2)7-5-10/h4-7,13H,3,8-9H2,1-2H3. The van der Waals surface area contributed by atoms with Gasteiger partial charge in [0.25, 0.3) is 0 Å². The van der Waals surface area contributed by atoms with Gasteiger partial charge in [0, 0.05) is 5.54 Å². The molecule has 76 valence electrons. The summed E-state index contributed by atoms with van der Waals surface area (Å²) >= 11 is 0. The van der Waals surface area contributed by atoms with E-state index >= 15 is 0 Å². The quantitative estimate of drug-likeness (QED) is 0.788. The van der Waals surface area contributed by atoms with E-state index in [1.807, 2.05) is 12.1 Å². The number of rotatable bonds is 4. The predicted octanol–water partition coefficient (Wildman–Crippen LogP) is 2.29. The minimum Gasteiger partial charge on any atom is -0.497 e. The summed E-state index contributed by atoms with van der Waals surface area (Å²) in [5, 5.41) is 3.55. The Hall–Kier alpha value is -1.02. The van der Waals surface area contributed by atoms with Crippen molar-refractivity contribution < 1.29 is 4.74 Å². The van der Waals surface area contributed by atoms with Gasteiger partial charge in [-0.2, -0.15) is 0 Å². The van der Waals surface area contributed by atoms with E-state index in [2.05, 4.69) is 24.4 Å². The van der Waals surface area contributed by atoms with Gasteiger partial charge in [-0.3, -0.25) is 0 Å². The van der Waals surface area contributed by atoms with Gasteiger partial charge < -0.3 is 10.1 Å². The van der Waals surface area contributed by atoms with E-state index in [1.54, 1.807) is 7.11 Å². The first kappa shape index (κ1) is 9.53. The molecule has 0 unspecified atom stereocenters. The summed E-state index contributed by atoms with van der Waals surface area (Å²) in [6.45, 7) is 3.19. The number of benzene rings is 1.